The maximum atomic E-state index is 14.1. The number of aliphatic carboxylic acids is 1. The molecule has 20 heavy (non-hydrogen) atoms. The van der Waals surface area contributed by atoms with Gasteiger partial charge >= 0.3 is 5.97 Å². The molecule has 1 aliphatic heterocycles. The second-order valence-corrected chi connectivity index (χ2v) is 5.86. The number of likely N-dealkylation sites (tertiary alicyclic amines) is 1. The minimum Gasteiger partial charge on any atom is -0.478 e. The van der Waals surface area contributed by atoms with Crippen molar-refractivity contribution in [3.8, 4) is 0 Å². The second-order valence-electron chi connectivity index (χ2n) is 5.86. The number of hydrogen-bond acceptors (Lipinski definition) is 2. The third-order valence-corrected chi connectivity index (χ3v) is 3.93. The summed E-state index contributed by atoms with van der Waals surface area (Å²) in [6.45, 7) is 5.96. The number of rotatable bonds is 4. The highest BCUT2D eigenvalue weighted by atomic mass is 19.1. The van der Waals surface area contributed by atoms with Crippen LogP contribution in [0.1, 0.15) is 37.8 Å². The normalized spacial score (nSPS) is 18.8. The van der Waals surface area contributed by atoms with Gasteiger partial charge in [-0.15, -0.1) is 0 Å². The van der Waals surface area contributed by atoms with E-state index in [1.807, 2.05) is 0 Å². The molecule has 108 valence electrons. The molecule has 1 fully saturated rings. The minimum absolute atomic E-state index is 0.119. The molecule has 0 spiro atoms. The average Bonchev–Trinajstić information content (AvgIpc) is 2.69. The fourth-order valence-corrected chi connectivity index (χ4v) is 2.62. The SMILES string of the molecule is CC1(C)CCCN1Cc1ccc(C=CC(=O)O)cc1F. The second kappa shape index (κ2) is 5.75. The topological polar surface area (TPSA) is 40.5 Å². The molecule has 4 heteroatoms. The van der Waals surface area contributed by atoms with Gasteiger partial charge in [-0.3, -0.25) is 4.90 Å². The van der Waals surface area contributed by atoms with Crippen molar-refractivity contribution in [1.82, 2.24) is 4.90 Å². The highest BCUT2D eigenvalue weighted by Gasteiger charge is 2.31. The Morgan fingerprint density at radius 3 is 2.80 bits per heavy atom. The molecule has 2 rings (SSSR count). The highest BCUT2D eigenvalue weighted by Crippen LogP contribution is 2.30. The van der Waals surface area contributed by atoms with Crippen LogP contribution in [-0.4, -0.2) is 28.1 Å². The largest absolute Gasteiger partial charge is 0.478 e. The summed E-state index contributed by atoms with van der Waals surface area (Å²) >= 11 is 0. The molecule has 1 N–H and O–H groups in total. The molecule has 0 saturated carbocycles. The molecule has 1 aromatic rings. The number of nitrogens with zero attached hydrogens (tertiary/aromatic N) is 1. The Labute approximate surface area is 118 Å². The van der Waals surface area contributed by atoms with Crippen LogP contribution in [0.3, 0.4) is 0 Å². The summed E-state index contributed by atoms with van der Waals surface area (Å²) < 4.78 is 14.1. The zero-order chi connectivity index (χ0) is 14.8. The van der Waals surface area contributed by atoms with E-state index in [0.29, 0.717) is 17.7 Å². The molecule has 0 bridgehead atoms. The monoisotopic (exact) mass is 277 g/mol. The summed E-state index contributed by atoms with van der Waals surface area (Å²) in [6.07, 6.45) is 4.69. The summed E-state index contributed by atoms with van der Waals surface area (Å²) in [5.74, 6) is -1.31. The van der Waals surface area contributed by atoms with Crippen molar-refractivity contribution in [1.29, 1.82) is 0 Å². The van der Waals surface area contributed by atoms with Crippen LogP contribution in [0.5, 0.6) is 0 Å². The number of carboxylic acids is 1. The van der Waals surface area contributed by atoms with E-state index in [0.717, 1.165) is 25.5 Å². The lowest BCUT2D eigenvalue weighted by atomic mass is 10.0. The first kappa shape index (κ1) is 14.7. The lowest BCUT2D eigenvalue weighted by Crippen LogP contribution is -2.37. The van der Waals surface area contributed by atoms with Crippen molar-refractivity contribution >= 4 is 12.0 Å². The molecule has 1 heterocycles. The quantitative estimate of drug-likeness (QED) is 0.858. The Morgan fingerprint density at radius 1 is 1.50 bits per heavy atom. The molecule has 0 radical (unpaired) electrons. The first-order chi connectivity index (χ1) is 9.38. The van der Waals surface area contributed by atoms with Gasteiger partial charge < -0.3 is 5.11 Å². The van der Waals surface area contributed by atoms with E-state index >= 15 is 0 Å². The van der Waals surface area contributed by atoms with Gasteiger partial charge in [-0.2, -0.15) is 0 Å². The Bertz CT molecular complexity index is 537. The van der Waals surface area contributed by atoms with E-state index in [9.17, 15) is 9.18 Å². The van der Waals surface area contributed by atoms with E-state index < -0.39 is 5.97 Å². The highest BCUT2D eigenvalue weighted by molar-refractivity contribution is 5.85. The number of benzene rings is 1. The van der Waals surface area contributed by atoms with Crippen LogP contribution in [0.15, 0.2) is 24.3 Å². The first-order valence-corrected chi connectivity index (χ1v) is 6.83. The molecule has 3 nitrogen and oxygen atoms in total. The summed E-state index contributed by atoms with van der Waals surface area (Å²) in [6, 6.07) is 4.88. The van der Waals surface area contributed by atoms with Crippen LogP contribution in [0.25, 0.3) is 6.08 Å². The van der Waals surface area contributed by atoms with Crippen LogP contribution in [-0.2, 0) is 11.3 Å². The van der Waals surface area contributed by atoms with E-state index in [2.05, 4.69) is 18.7 Å². The van der Waals surface area contributed by atoms with Crippen LogP contribution in [0.4, 0.5) is 4.39 Å². The molecular weight excluding hydrogens is 257 g/mol. The molecule has 1 aliphatic rings. The van der Waals surface area contributed by atoms with Crippen molar-refractivity contribution in [2.75, 3.05) is 6.54 Å². The van der Waals surface area contributed by atoms with Crippen molar-refractivity contribution in [2.24, 2.45) is 0 Å². The maximum absolute atomic E-state index is 14.1. The molecule has 1 saturated heterocycles. The van der Waals surface area contributed by atoms with Crippen molar-refractivity contribution in [3.63, 3.8) is 0 Å². The fourth-order valence-electron chi connectivity index (χ4n) is 2.62. The van der Waals surface area contributed by atoms with Crippen molar-refractivity contribution in [2.45, 2.75) is 38.8 Å². The van der Waals surface area contributed by atoms with E-state index in [-0.39, 0.29) is 11.4 Å². The standard InChI is InChI=1S/C16H20FNO2/c1-16(2)8-3-9-18(16)11-13-6-4-12(10-14(13)17)5-7-15(19)20/h4-7,10H,3,8-9,11H2,1-2H3,(H,19,20). The Kier molecular flexibility index (Phi) is 4.23. The first-order valence-electron chi connectivity index (χ1n) is 6.83. The van der Waals surface area contributed by atoms with Gasteiger partial charge in [0.1, 0.15) is 5.82 Å². The van der Waals surface area contributed by atoms with Gasteiger partial charge in [0.25, 0.3) is 0 Å². The lowest BCUT2D eigenvalue weighted by molar-refractivity contribution is -0.131. The van der Waals surface area contributed by atoms with Gasteiger partial charge in [-0.05, 0) is 50.9 Å². The van der Waals surface area contributed by atoms with Gasteiger partial charge in [0.05, 0.1) is 0 Å². The molecule has 0 aliphatic carbocycles. The summed E-state index contributed by atoms with van der Waals surface area (Å²) in [5, 5.41) is 8.56. The molecule has 0 amide bonds. The molecule has 0 unspecified atom stereocenters. The summed E-state index contributed by atoms with van der Waals surface area (Å²) in [5.41, 5.74) is 1.34. The van der Waals surface area contributed by atoms with Crippen LogP contribution >= 0.6 is 0 Å². The average molecular weight is 277 g/mol. The fraction of sp³-hybridized carbons (Fsp3) is 0.438. The van der Waals surface area contributed by atoms with Crippen molar-refractivity contribution < 1.29 is 14.3 Å². The Morgan fingerprint density at radius 2 is 2.25 bits per heavy atom. The van der Waals surface area contributed by atoms with Gasteiger partial charge in [0, 0.05) is 23.7 Å². The lowest BCUT2D eigenvalue weighted by Gasteiger charge is -2.31. The van der Waals surface area contributed by atoms with Crippen LogP contribution in [0, 0.1) is 5.82 Å². The third kappa shape index (κ3) is 3.45. The zero-order valence-corrected chi connectivity index (χ0v) is 11.9. The molecule has 1 aromatic carbocycles. The number of carboxylic acid groups (broad SMARTS) is 1. The van der Waals surface area contributed by atoms with E-state index in [4.69, 9.17) is 5.11 Å². The van der Waals surface area contributed by atoms with Crippen LogP contribution in [0.2, 0.25) is 0 Å². The zero-order valence-electron chi connectivity index (χ0n) is 11.9. The molecular formula is C16H20FNO2. The predicted octanol–water partition coefficient (Wildman–Crippen LogP) is 3.30. The number of hydrogen-bond donors (Lipinski definition) is 1. The number of carbonyl (C=O) groups is 1. The molecule has 0 aromatic heterocycles. The van der Waals surface area contributed by atoms with Crippen LogP contribution < -0.4 is 0 Å². The number of halogens is 1. The van der Waals surface area contributed by atoms with E-state index in [1.165, 1.54) is 12.1 Å². The maximum Gasteiger partial charge on any atom is 0.328 e. The van der Waals surface area contributed by atoms with Gasteiger partial charge in [-0.25, -0.2) is 9.18 Å². The third-order valence-electron chi connectivity index (χ3n) is 3.93. The summed E-state index contributed by atoms with van der Waals surface area (Å²) in [7, 11) is 0. The Hall–Kier alpha value is -1.68. The van der Waals surface area contributed by atoms with Gasteiger partial charge in [-0.1, -0.05) is 12.1 Å². The molecule has 0 atom stereocenters. The predicted molar refractivity (Wildman–Crippen MR) is 76.8 cm³/mol. The van der Waals surface area contributed by atoms with Gasteiger partial charge in [0.2, 0.25) is 0 Å². The van der Waals surface area contributed by atoms with Gasteiger partial charge in [0.15, 0.2) is 0 Å². The summed E-state index contributed by atoms with van der Waals surface area (Å²) in [4.78, 5) is 12.7. The van der Waals surface area contributed by atoms with E-state index in [1.54, 1.807) is 12.1 Å². The van der Waals surface area contributed by atoms with Crippen molar-refractivity contribution in [3.05, 3.63) is 41.2 Å². The Balaban J connectivity index is 2.12. The minimum atomic E-state index is -1.03. The smallest absolute Gasteiger partial charge is 0.328 e.